The van der Waals surface area contributed by atoms with Gasteiger partial charge in [0.15, 0.2) is 12.6 Å². The smallest absolute Gasteiger partial charge is 0.157 e. The van der Waals surface area contributed by atoms with E-state index in [9.17, 15) is 9.90 Å². The number of hydrogen-bond acceptors (Lipinski definition) is 8. The lowest BCUT2D eigenvalue weighted by Crippen LogP contribution is -2.30. The third-order valence-corrected chi connectivity index (χ3v) is 15.8. The van der Waals surface area contributed by atoms with Crippen molar-refractivity contribution in [3.8, 4) is 11.5 Å². The zero-order valence-corrected chi connectivity index (χ0v) is 39.0. The van der Waals surface area contributed by atoms with Gasteiger partial charge in [-0.05, 0) is 173 Å². The molecule has 0 amide bonds. The number of fused-ring (bicyclic) bond motifs is 4. The third kappa shape index (κ3) is 12.4. The topological polar surface area (TPSA) is 92.7 Å². The molecule has 1 N–H and O–H groups in total. The van der Waals surface area contributed by atoms with Crippen molar-refractivity contribution in [1.82, 2.24) is 0 Å². The number of carbonyl (C=O) groups excluding carboxylic acids is 1. The molecule has 2 heterocycles. The summed E-state index contributed by atoms with van der Waals surface area (Å²) in [5.41, 5.74) is 5.50. The number of aliphatic hydroxyl groups is 1. The average Bonchev–Trinajstić information content (AvgIpc) is 3.78. The highest BCUT2D eigenvalue weighted by molar-refractivity contribution is 5.84. The van der Waals surface area contributed by atoms with Crippen molar-refractivity contribution in [2.45, 2.75) is 199 Å². The second kappa shape index (κ2) is 24.2. The minimum Gasteiger partial charge on any atom is -0.496 e. The maximum Gasteiger partial charge on any atom is 0.157 e. The first-order valence-corrected chi connectivity index (χ1v) is 25.4. The van der Waals surface area contributed by atoms with Crippen molar-refractivity contribution >= 4 is 5.78 Å². The van der Waals surface area contributed by atoms with Crippen LogP contribution >= 0.6 is 0 Å². The molecule has 4 fully saturated rings. The first-order valence-electron chi connectivity index (χ1n) is 25.4. The lowest BCUT2D eigenvalue weighted by molar-refractivity contribution is -0.191. The fraction of sp³-hybridized carbons (Fsp3) is 0.759. The molecule has 0 aromatic heterocycles. The van der Waals surface area contributed by atoms with E-state index in [1.54, 1.807) is 14.2 Å². The predicted molar refractivity (Wildman–Crippen MR) is 246 cm³/mol. The maximum absolute atomic E-state index is 13.0. The Morgan fingerprint density at radius 1 is 0.645 bits per heavy atom. The normalized spacial score (nSPS) is 30.0. The maximum atomic E-state index is 13.0. The Balaban J connectivity index is 0.000000186. The van der Waals surface area contributed by atoms with Crippen LogP contribution in [0.25, 0.3) is 0 Å². The van der Waals surface area contributed by atoms with Gasteiger partial charge < -0.3 is 33.5 Å². The number of benzene rings is 2. The minimum absolute atomic E-state index is 0.0179. The highest BCUT2D eigenvalue weighted by Gasteiger charge is 2.46. The van der Waals surface area contributed by atoms with Crippen molar-refractivity contribution in [2.75, 3.05) is 27.4 Å². The molecule has 0 bridgehead atoms. The number of unbranched alkanes of at least 4 members (excludes halogenated alkanes) is 4. The fourth-order valence-corrected chi connectivity index (χ4v) is 12.4. The second-order valence-corrected chi connectivity index (χ2v) is 19.9. The Morgan fingerprint density at radius 3 is 1.73 bits per heavy atom. The van der Waals surface area contributed by atoms with Crippen LogP contribution < -0.4 is 9.47 Å². The van der Waals surface area contributed by atoms with Crippen molar-refractivity contribution < 1.29 is 38.3 Å². The molecule has 8 rings (SSSR count). The lowest BCUT2D eigenvalue weighted by atomic mass is 9.73. The molecule has 6 aliphatic rings. The summed E-state index contributed by atoms with van der Waals surface area (Å²) in [6, 6.07) is 12.8. The van der Waals surface area contributed by atoms with E-state index in [1.165, 1.54) is 73.6 Å². The van der Waals surface area contributed by atoms with E-state index in [2.05, 4.69) is 50.2 Å². The van der Waals surface area contributed by atoms with E-state index in [4.69, 9.17) is 28.4 Å². The van der Waals surface area contributed by atoms with Gasteiger partial charge in [-0.25, -0.2) is 0 Å². The van der Waals surface area contributed by atoms with E-state index >= 15 is 0 Å². The van der Waals surface area contributed by atoms with Gasteiger partial charge in [-0.1, -0.05) is 76.6 Å². The van der Waals surface area contributed by atoms with Crippen molar-refractivity contribution in [2.24, 2.45) is 35.5 Å². The van der Waals surface area contributed by atoms with Crippen molar-refractivity contribution in [1.29, 1.82) is 0 Å². The number of aliphatic hydroxyl groups excluding tert-OH is 1. The molecular formula is C54H82O8. The first-order chi connectivity index (χ1) is 30.4. The molecule has 0 radical (unpaired) electrons. The number of hydrogen-bond donors (Lipinski definition) is 1. The monoisotopic (exact) mass is 859 g/mol. The van der Waals surface area contributed by atoms with Gasteiger partial charge in [0, 0.05) is 25.6 Å². The van der Waals surface area contributed by atoms with Gasteiger partial charge in [0.05, 0.1) is 32.5 Å². The summed E-state index contributed by atoms with van der Waals surface area (Å²) in [5, 5.41) is 11.0. The Morgan fingerprint density at radius 2 is 1.19 bits per heavy atom. The molecule has 11 atom stereocenters. The number of ketones is 1. The van der Waals surface area contributed by atoms with Crippen LogP contribution in [0.4, 0.5) is 0 Å². The Kier molecular flexibility index (Phi) is 18.5. The molecule has 62 heavy (non-hydrogen) atoms. The van der Waals surface area contributed by atoms with E-state index in [0.717, 1.165) is 127 Å². The van der Waals surface area contributed by atoms with Crippen LogP contribution in [0.3, 0.4) is 0 Å². The van der Waals surface area contributed by atoms with E-state index < -0.39 is 0 Å². The molecule has 2 aliphatic heterocycles. The molecule has 0 spiro atoms. The molecule has 2 saturated carbocycles. The molecule has 4 aliphatic carbocycles. The lowest BCUT2D eigenvalue weighted by Gasteiger charge is -2.33. The molecule has 2 saturated heterocycles. The van der Waals surface area contributed by atoms with E-state index in [0.29, 0.717) is 35.4 Å². The molecule has 2 aromatic carbocycles. The minimum atomic E-state index is -0.183. The summed E-state index contributed by atoms with van der Waals surface area (Å²) in [5.74, 6) is 5.17. The number of methoxy groups -OCH3 is 2. The van der Waals surface area contributed by atoms with Crippen LogP contribution in [0.2, 0.25) is 0 Å². The van der Waals surface area contributed by atoms with Crippen LogP contribution in [0.15, 0.2) is 36.4 Å². The zero-order valence-electron chi connectivity index (χ0n) is 39.0. The Hall–Kier alpha value is -2.49. The number of ether oxygens (including phenoxy) is 6. The fourth-order valence-electron chi connectivity index (χ4n) is 12.4. The molecule has 8 nitrogen and oxygen atoms in total. The summed E-state index contributed by atoms with van der Waals surface area (Å²) in [6.45, 7) is 6.15. The SMILES string of the molecule is CCCCC[C@@H](CCC1C(=O)C[C@@H]2Cc3c(cccc3OC)C[C@H]12)OC1CCCCO1.CCCCC[C@@H](CC[C@@H]1[C@H]2Cc3cccc(OC)c3C[C@H]2C[C@H]1O)OC1CCCCO1. The van der Waals surface area contributed by atoms with Gasteiger partial charge in [0.1, 0.15) is 17.3 Å². The van der Waals surface area contributed by atoms with Crippen LogP contribution in [0, 0.1) is 35.5 Å². The van der Waals surface area contributed by atoms with Crippen LogP contribution in [0.5, 0.6) is 11.5 Å². The highest BCUT2D eigenvalue weighted by Crippen LogP contribution is 2.49. The van der Waals surface area contributed by atoms with Gasteiger partial charge in [-0.15, -0.1) is 0 Å². The summed E-state index contributed by atoms with van der Waals surface area (Å²) < 4.78 is 35.8. The average molecular weight is 859 g/mol. The summed E-state index contributed by atoms with van der Waals surface area (Å²) >= 11 is 0. The largest absolute Gasteiger partial charge is 0.496 e. The Bertz CT molecular complexity index is 1650. The summed E-state index contributed by atoms with van der Waals surface area (Å²) in [4.78, 5) is 13.0. The highest BCUT2D eigenvalue weighted by atomic mass is 16.7. The molecular weight excluding hydrogens is 777 g/mol. The van der Waals surface area contributed by atoms with Crippen molar-refractivity contribution in [3.63, 3.8) is 0 Å². The van der Waals surface area contributed by atoms with E-state index in [1.807, 2.05) is 0 Å². The number of rotatable bonds is 20. The van der Waals surface area contributed by atoms with Gasteiger partial charge in [0.2, 0.25) is 0 Å². The predicted octanol–water partition coefficient (Wildman–Crippen LogP) is 11.6. The van der Waals surface area contributed by atoms with Gasteiger partial charge >= 0.3 is 0 Å². The van der Waals surface area contributed by atoms with Gasteiger partial charge in [0.25, 0.3) is 0 Å². The first kappa shape index (κ1) is 47.5. The second-order valence-electron chi connectivity index (χ2n) is 19.9. The molecule has 2 aromatic rings. The van der Waals surface area contributed by atoms with E-state index in [-0.39, 0.29) is 36.8 Å². The zero-order chi connectivity index (χ0) is 43.3. The Labute approximate surface area is 374 Å². The number of carbonyl (C=O) groups is 1. The molecule has 3 unspecified atom stereocenters. The number of Topliss-reactive ketones (excluding diaryl/α,β-unsaturated/α-hetero) is 1. The standard InChI is InChI=1S/C27H42O4.C27H40O4/c2*1-3-4-5-10-21(31-27-12-6-7-15-30-27)13-14-22-23-16-19-9-8-11-26(29-2)24(19)17-20(23)18-25(22)28/h8-9,11,20-23,25,27-28H,3-7,10,12-18H2,1-2H3;8-9,11,20-23,27H,3-7,10,12-18H2,1-2H3/t20-,21-,22+,23-,25+,27?;20-,21-,22?,23-,27?/m00/s1. The van der Waals surface area contributed by atoms with Crippen molar-refractivity contribution in [3.05, 3.63) is 58.7 Å². The third-order valence-electron chi connectivity index (χ3n) is 15.8. The van der Waals surface area contributed by atoms with Crippen LogP contribution in [0.1, 0.15) is 165 Å². The summed E-state index contributed by atoms with van der Waals surface area (Å²) in [6.07, 6.45) is 26.4. The molecule has 346 valence electrons. The van der Waals surface area contributed by atoms with Gasteiger partial charge in [-0.2, -0.15) is 0 Å². The summed E-state index contributed by atoms with van der Waals surface area (Å²) in [7, 11) is 3.52. The quantitative estimate of drug-likeness (QED) is 0.132. The van der Waals surface area contributed by atoms with Gasteiger partial charge in [-0.3, -0.25) is 4.79 Å². The van der Waals surface area contributed by atoms with Crippen LogP contribution in [-0.4, -0.2) is 69.2 Å². The molecule has 8 heteroatoms. The van der Waals surface area contributed by atoms with Crippen LogP contribution in [-0.2, 0) is 49.4 Å².